The highest BCUT2D eigenvalue weighted by Gasteiger charge is 2.24. The first kappa shape index (κ1) is 19.6. The summed E-state index contributed by atoms with van der Waals surface area (Å²) >= 11 is 11.9. The van der Waals surface area contributed by atoms with E-state index in [1.165, 1.54) is 9.80 Å². The summed E-state index contributed by atoms with van der Waals surface area (Å²) in [6, 6.07) is 4.80. The Bertz CT molecular complexity index is 564. The first-order valence-corrected chi connectivity index (χ1v) is 8.12. The van der Waals surface area contributed by atoms with Gasteiger partial charge in [-0.05, 0) is 31.5 Å². The molecule has 0 N–H and O–H groups in total. The second kappa shape index (κ2) is 8.99. The molecule has 2 amide bonds. The highest BCUT2D eigenvalue weighted by molar-refractivity contribution is 6.35. The van der Waals surface area contributed by atoms with E-state index in [2.05, 4.69) is 0 Å². The lowest BCUT2D eigenvalue weighted by Crippen LogP contribution is -2.45. The van der Waals surface area contributed by atoms with Crippen molar-refractivity contribution in [1.29, 1.82) is 0 Å². The van der Waals surface area contributed by atoms with Gasteiger partial charge in [0.2, 0.25) is 5.91 Å². The van der Waals surface area contributed by atoms with Crippen LogP contribution < -0.4 is 4.74 Å². The van der Waals surface area contributed by atoms with Crippen molar-refractivity contribution in [2.75, 3.05) is 27.2 Å². The van der Waals surface area contributed by atoms with E-state index in [1.54, 1.807) is 39.2 Å². The number of carbonyl (C=O) groups is 2. The zero-order valence-corrected chi connectivity index (χ0v) is 15.3. The van der Waals surface area contributed by atoms with E-state index in [0.717, 1.165) is 6.42 Å². The smallest absolute Gasteiger partial charge is 0.263 e. The van der Waals surface area contributed by atoms with Crippen LogP contribution in [-0.2, 0) is 9.59 Å². The Morgan fingerprint density at radius 1 is 1.26 bits per heavy atom. The van der Waals surface area contributed by atoms with Crippen LogP contribution in [0.15, 0.2) is 18.2 Å². The standard InChI is InChI=1S/C16H22Cl2N2O3/c1-5-8-20(10-15(21)19(3)4)16(22)11(2)23-14-7-6-12(17)9-13(14)18/h6-7,9,11H,5,8,10H2,1-4H3. The molecule has 0 radical (unpaired) electrons. The summed E-state index contributed by atoms with van der Waals surface area (Å²) in [4.78, 5) is 27.3. The maximum atomic E-state index is 12.5. The molecule has 1 aromatic rings. The van der Waals surface area contributed by atoms with Crippen LogP contribution in [-0.4, -0.2) is 54.9 Å². The monoisotopic (exact) mass is 360 g/mol. The molecule has 128 valence electrons. The van der Waals surface area contributed by atoms with Gasteiger partial charge >= 0.3 is 0 Å². The third-order valence-corrected chi connectivity index (χ3v) is 3.71. The minimum absolute atomic E-state index is 0.0295. The number of benzene rings is 1. The molecule has 23 heavy (non-hydrogen) atoms. The fourth-order valence-corrected chi connectivity index (χ4v) is 2.36. The van der Waals surface area contributed by atoms with E-state index in [4.69, 9.17) is 27.9 Å². The van der Waals surface area contributed by atoms with Crippen LogP contribution in [0.4, 0.5) is 0 Å². The second-order valence-electron chi connectivity index (χ2n) is 5.38. The summed E-state index contributed by atoms with van der Waals surface area (Å²) in [5.41, 5.74) is 0. The van der Waals surface area contributed by atoms with Crippen molar-refractivity contribution in [3.8, 4) is 5.75 Å². The second-order valence-corrected chi connectivity index (χ2v) is 6.23. The van der Waals surface area contributed by atoms with E-state index in [1.807, 2.05) is 6.92 Å². The Morgan fingerprint density at radius 2 is 1.91 bits per heavy atom. The van der Waals surface area contributed by atoms with E-state index in [9.17, 15) is 9.59 Å². The van der Waals surface area contributed by atoms with Gasteiger partial charge in [0.1, 0.15) is 5.75 Å². The van der Waals surface area contributed by atoms with Gasteiger partial charge in [0.15, 0.2) is 6.10 Å². The lowest BCUT2D eigenvalue weighted by atomic mass is 10.3. The molecular formula is C16H22Cl2N2O3. The minimum Gasteiger partial charge on any atom is -0.479 e. The fraction of sp³-hybridized carbons (Fsp3) is 0.500. The highest BCUT2D eigenvalue weighted by atomic mass is 35.5. The van der Waals surface area contributed by atoms with Crippen molar-refractivity contribution in [2.24, 2.45) is 0 Å². The Hall–Kier alpha value is -1.46. The van der Waals surface area contributed by atoms with Gasteiger partial charge in [0, 0.05) is 25.7 Å². The number of ether oxygens (including phenoxy) is 1. The van der Waals surface area contributed by atoms with Gasteiger partial charge in [-0.3, -0.25) is 9.59 Å². The summed E-state index contributed by atoms with van der Waals surface area (Å²) < 4.78 is 5.62. The van der Waals surface area contributed by atoms with Crippen LogP contribution in [0.5, 0.6) is 5.75 Å². The van der Waals surface area contributed by atoms with Crippen molar-refractivity contribution >= 4 is 35.0 Å². The van der Waals surface area contributed by atoms with Crippen LogP contribution in [0.25, 0.3) is 0 Å². The van der Waals surface area contributed by atoms with Crippen molar-refractivity contribution < 1.29 is 14.3 Å². The molecule has 0 aliphatic heterocycles. The van der Waals surface area contributed by atoms with Crippen LogP contribution in [0.2, 0.25) is 10.0 Å². The molecule has 0 fully saturated rings. The van der Waals surface area contributed by atoms with Crippen molar-refractivity contribution in [3.05, 3.63) is 28.2 Å². The zero-order chi connectivity index (χ0) is 17.6. The van der Waals surface area contributed by atoms with E-state index in [0.29, 0.717) is 22.3 Å². The number of nitrogens with zero attached hydrogens (tertiary/aromatic N) is 2. The predicted octanol–water partition coefficient (Wildman–Crippen LogP) is 3.09. The van der Waals surface area contributed by atoms with Crippen LogP contribution in [0, 0.1) is 0 Å². The van der Waals surface area contributed by atoms with Crippen molar-refractivity contribution in [3.63, 3.8) is 0 Å². The molecule has 1 aromatic carbocycles. The van der Waals surface area contributed by atoms with Gasteiger partial charge in [-0.25, -0.2) is 0 Å². The molecule has 0 saturated carbocycles. The van der Waals surface area contributed by atoms with Gasteiger partial charge in [-0.15, -0.1) is 0 Å². The lowest BCUT2D eigenvalue weighted by molar-refractivity contribution is -0.143. The number of amides is 2. The third-order valence-electron chi connectivity index (χ3n) is 3.18. The largest absolute Gasteiger partial charge is 0.479 e. The molecule has 0 aliphatic carbocycles. The first-order chi connectivity index (χ1) is 10.8. The Kier molecular flexibility index (Phi) is 7.65. The van der Waals surface area contributed by atoms with Crippen LogP contribution in [0.1, 0.15) is 20.3 Å². The van der Waals surface area contributed by atoms with Gasteiger partial charge in [-0.1, -0.05) is 30.1 Å². The van der Waals surface area contributed by atoms with Gasteiger partial charge in [-0.2, -0.15) is 0 Å². The maximum absolute atomic E-state index is 12.5. The SMILES string of the molecule is CCCN(CC(=O)N(C)C)C(=O)C(C)Oc1ccc(Cl)cc1Cl. The topological polar surface area (TPSA) is 49.9 Å². The highest BCUT2D eigenvalue weighted by Crippen LogP contribution is 2.28. The average Bonchev–Trinajstić information content (AvgIpc) is 2.48. The predicted molar refractivity (Wildman–Crippen MR) is 92.1 cm³/mol. The van der Waals surface area contributed by atoms with Gasteiger partial charge in [0.25, 0.3) is 5.91 Å². The van der Waals surface area contributed by atoms with E-state index >= 15 is 0 Å². The molecule has 0 saturated heterocycles. The molecule has 1 atom stereocenters. The molecule has 0 aliphatic rings. The quantitative estimate of drug-likeness (QED) is 0.750. The van der Waals surface area contributed by atoms with Gasteiger partial charge in [0.05, 0.1) is 11.6 Å². The molecule has 1 rings (SSSR count). The lowest BCUT2D eigenvalue weighted by Gasteiger charge is -2.26. The number of halogens is 2. The molecule has 1 unspecified atom stereocenters. The molecule has 0 bridgehead atoms. The summed E-state index contributed by atoms with van der Waals surface area (Å²) in [7, 11) is 3.31. The number of hydrogen-bond donors (Lipinski definition) is 0. The first-order valence-electron chi connectivity index (χ1n) is 7.36. The third kappa shape index (κ3) is 5.92. The number of hydrogen-bond acceptors (Lipinski definition) is 3. The molecular weight excluding hydrogens is 339 g/mol. The zero-order valence-electron chi connectivity index (χ0n) is 13.8. The van der Waals surface area contributed by atoms with E-state index < -0.39 is 6.10 Å². The summed E-state index contributed by atoms with van der Waals surface area (Å²) in [5.74, 6) is -0.0103. The number of carbonyl (C=O) groups excluding carboxylic acids is 2. The Morgan fingerprint density at radius 3 is 2.43 bits per heavy atom. The van der Waals surface area contributed by atoms with Crippen molar-refractivity contribution in [1.82, 2.24) is 9.80 Å². The molecule has 5 nitrogen and oxygen atoms in total. The minimum atomic E-state index is -0.754. The fourth-order valence-electron chi connectivity index (χ4n) is 1.91. The summed E-state index contributed by atoms with van der Waals surface area (Å²) in [5, 5.41) is 0.828. The van der Waals surface area contributed by atoms with Gasteiger partial charge < -0.3 is 14.5 Å². The molecule has 0 spiro atoms. The van der Waals surface area contributed by atoms with Crippen LogP contribution >= 0.6 is 23.2 Å². The number of rotatable bonds is 7. The maximum Gasteiger partial charge on any atom is 0.263 e. The molecule has 0 aromatic heterocycles. The Balaban J connectivity index is 2.80. The number of likely N-dealkylation sites (N-methyl/N-ethyl adjacent to an activating group) is 1. The van der Waals surface area contributed by atoms with Crippen molar-refractivity contribution in [2.45, 2.75) is 26.4 Å². The molecule has 0 heterocycles. The van der Waals surface area contributed by atoms with Crippen LogP contribution in [0.3, 0.4) is 0 Å². The summed E-state index contributed by atoms with van der Waals surface area (Å²) in [6.07, 6.45) is -0.00359. The Labute approximate surface area is 147 Å². The normalized spacial score (nSPS) is 11.7. The molecule has 7 heteroatoms. The van der Waals surface area contributed by atoms with E-state index in [-0.39, 0.29) is 18.4 Å². The summed E-state index contributed by atoms with van der Waals surface area (Å²) in [6.45, 7) is 4.10. The average molecular weight is 361 g/mol.